The van der Waals surface area contributed by atoms with Gasteiger partial charge in [0.25, 0.3) is 0 Å². The summed E-state index contributed by atoms with van der Waals surface area (Å²) in [5.41, 5.74) is -0.133. The molecule has 0 unspecified atom stereocenters. The van der Waals surface area contributed by atoms with Crippen molar-refractivity contribution in [1.82, 2.24) is 9.21 Å². The van der Waals surface area contributed by atoms with Gasteiger partial charge in [-0.05, 0) is 37.8 Å². The molecule has 2 saturated heterocycles. The van der Waals surface area contributed by atoms with Gasteiger partial charge in [-0.15, -0.1) is 0 Å². The zero-order chi connectivity index (χ0) is 21.0. The fourth-order valence-electron chi connectivity index (χ4n) is 3.84. The Morgan fingerprint density at radius 1 is 1.21 bits per heavy atom. The van der Waals surface area contributed by atoms with Crippen LogP contribution in [0.4, 0.5) is 13.2 Å². The summed E-state index contributed by atoms with van der Waals surface area (Å²) in [4.78, 5) is 11.3. The monoisotopic (exact) mass is 426 g/mol. The van der Waals surface area contributed by atoms with Gasteiger partial charge in [0, 0.05) is 25.2 Å². The minimum Gasteiger partial charge on any atom is -0.475 e. The molecular formula is C17H25F3N2O5S. The van der Waals surface area contributed by atoms with E-state index in [0.717, 1.165) is 57.5 Å². The fourth-order valence-corrected chi connectivity index (χ4v) is 5.28. The number of carbonyl (C=O) groups is 1. The molecule has 2 aliphatic rings. The smallest absolute Gasteiger partial charge is 0.475 e. The van der Waals surface area contributed by atoms with Gasteiger partial charge in [-0.25, -0.2) is 13.2 Å². The Labute approximate surface area is 162 Å². The molecule has 0 aliphatic carbocycles. The van der Waals surface area contributed by atoms with Gasteiger partial charge in [0.05, 0.1) is 19.1 Å². The number of nitrogens with zero attached hydrogens (tertiary/aromatic N) is 2. The highest BCUT2D eigenvalue weighted by Gasteiger charge is 2.45. The molecule has 0 aromatic carbocycles. The third kappa shape index (κ3) is 5.95. The van der Waals surface area contributed by atoms with Crippen LogP contribution >= 0.6 is 0 Å². The minimum atomic E-state index is -5.08. The van der Waals surface area contributed by atoms with Crippen molar-refractivity contribution in [1.29, 1.82) is 0 Å². The Balaban J connectivity index is 0.000000345. The lowest BCUT2D eigenvalue weighted by Crippen LogP contribution is -2.58. The second-order valence-corrected chi connectivity index (χ2v) is 9.08. The van der Waals surface area contributed by atoms with Gasteiger partial charge in [0.2, 0.25) is 10.0 Å². The van der Waals surface area contributed by atoms with E-state index in [1.165, 1.54) is 6.26 Å². The summed E-state index contributed by atoms with van der Waals surface area (Å²) in [7, 11) is -3.11. The topological polar surface area (TPSA) is 91.1 Å². The van der Waals surface area contributed by atoms with Crippen LogP contribution in [0.2, 0.25) is 0 Å². The summed E-state index contributed by atoms with van der Waals surface area (Å²) < 4.78 is 63.1. The second kappa shape index (κ2) is 8.83. The zero-order valence-corrected chi connectivity index (χ0v) is 16.4. The molecule has 11 heteroatoms. The molecule has 0 radical (unpaired) electrons. The number of halogens is 3. The van der Waals surface area contributed by atoms with Crippen LogP contribution in [0.3, 0.4) is 0 Å². The predicted molar refractivity (Wildman–Crippen MR) is 95.0 cm³/mol. The van der Waals surface area contributed by atoms with Gasteiger partial charge in [-0.2, -0.15) is 17.5 Å². The van der Waals surface area contributed by atoms with Crippen molar-refractivity contribution in [2.75, 3.05) is 25.9 Å². The Morgan fingerprint density at radius 2 is 1.82 bits per heavy atom. The van der Waals surface area contributed by atoms with Gasteiger partial charge in [0.1, 0.15) is 5.76 Å². The number of likely N-dealkylation sites (tertiary alicyclic amines) is 1. The van der Waals surface area contributed by atoms with Crippen LogP contribution < -0.4 is 0 Å². The van der Waals surface area contributed by atoms with E-state index >= 15 is 0 Å². The average molecular weight is 426 g/mol. The number of hydrogen-bond acceptors (Lipinski definition) is 5. The molecule has 3 rings (SSSR count). The summed E-state index contributed by atoms with van der Waals surface area (Å²) in [6.07, 6.45) is 2.98. The van der Waals surface area contributed by atoms with Gasteiger partial charge in [-0.3, -0.25) is 4.90 Å². The molecule has 0 amide bonds. The molecule has 0 saturated carbocycles. The number of hydrogen-bond donors (Lipinski definition) is 1. The first-order chi connectivity index (χ1) is 12.9. The van der Waals surface area contributed by atoms with Crippen LogP contribution in [0.15, 0.2) is 22.8 Å². The largest absolute Gasteiger partial charge is 0.490 e. The SMILES string of the molecule is CS(=O)(=O)N1CCCCC12CCN(Cc1ccco1)CC2.O=C(O)C(F)(F)F. The van der Waals surface area contributed by atoms with Crippen molar-refractivity contribution in [2.45, 2.75) is 50.4 Å². The fraction of sp³-hybridized carbons (Fsp3) is 0.706. The van der Waals surface area contributed by atoms with Crippen LogP contribution in [-0.4, -0.2) is 66.3 Å². The lowest BCUT2D eigenvalue weighted by atomic mass is 9.80. The number of aliphatic carboxylic acids is 1. The maximum Gasteiger partial charge on any atom is 0.490 e. The van der Waals surface area contributed by atoms with Crippen molar-refractivity contribution >= 4 is 16.0 Å². The summed E-state index contributed by atoms with van der Waals surface area (Å²) in [6.45, 7) is 3.39. The molecule has 1 N–H and O–H groups in total. The average Bonchev–Trinajstić information content (AvgIpc) is 3.09. The zero-order valence-electron chi connectivity index (χ0n) is 15.6. The highest BCUT2D eigenvalue weighted by atomic mass is 32.2. The number of sulfonamides is 1. The number of piperidine rings is 2. The Morgan fingerprint density at radius 3 is 2.29 bits per heavy atom. The Bertz CT molecular complexity index is 741. The lowest BCUT2D eigenvalue weighted by molar-refractivity contribution is -0.192. The van der Waals surface area contributed by atoms with Gasteiger partial charge >= 0.3 is 12.1 Å². The van der Waals surface area contributed by atoms with Crippen molar-refractivity contribution in [3.05, 3.63) is 24.2 Å². The molecule has 160 valence electrons. The van der Waals surface area contributed by atoms with Crippen LogP contribution in [-0.2, 0) is 21.4 Å². The third-order valence-corrected chi connectivity index (χ3v) is 6.54. The number of alkyl halides is 3. The van der Waals surface area contributed by atoms with Gasteiger partial charge in [-0.1, -0.05) is 6.42 Å². The summed E-state index contributed by atoms with van der Waals surface area (Å²) in [5, 5.41) is 7.12. The molecule has 1 aromatic heterocycles. The molecule has 2 aliphatic heterocycles. The maximum atomic E-state index is 12.1. The molecule has 0 atom stereocenters. The highest BCUT2D eigenvalue weighted by Crippen LogP contribution is 2.39. The van der Waals surface area contributed by atoms with E-state index < -0.39 is 22.2 Å². The van der Waals surface area contributed by atoms with Crippen LogP contribution in [0.5, 0.6) is 0 Å². The molecule has 1 spiro atoms. The normalized spacial score (nSPS) is 21.1. The minimum absolute atomic E-state index is 0.133. The van der Waals surface area contributed by atoms with E-state index in [1.807, 2.05) is 12.1 Å². The van der Waals surface area contributed by atoms with Crippen LogP contribution in [0.1, 0.15) is 37.9 Å². The quantitative estimate of drug-likeness (QED) is 0.799. The van der Waals surface area contributed by atoms with Crippen LogP contribution in [0, 0.1) is 0 Å². The van der Waals surface area contributed by atoms with E-state index in [9.17, 15) is 21.6 Å². The molecule has 3 heterocycles. The number of carboxylic acids is 1. The molecular weight excluding hydrogens is 401 g/mol. The molecule has 7 nitrogen and oxygen atoms in total. The molecule has 1 aromatic rings. The van der Waals surface area contributed by atoms with Crippen molar-refractivity contribution in [3.8, 4) is 0 Å². The predicted octanol–water partition coefficient (Wildman–Crippen LogP) is 2.69. The van der Waals surface area contributed by atoms with E-state index in [0.29, 0.717) is 6.54 Å². The maximum absolute atomic E-state index is 12.1. The number of furan rings is 1. The third-order valence-electron chi connectivity index (χ3n) is 5.17. The van der Waals surface area contributed by atoms with E-state index in [2.05, 4.69) is 4.90 Å². The van der Waals surface area contributed by atoms with Gasteiger partial charge in [0.15, 0.2) is 0 Å². The Hall–Kier alpha value is -1.59. The first-order valence-corrected chi connectivity index (χ1v) is 10.8. The first-order valence-electron chi connectivity index (χ1n) is 8.97. The highest BCUT2D eigenvalue weighted by molar-refractivity contribution is 7.88. The number of carboxylic acid groups (broad SMARTS) is 1. The second-order valence-electron chi connectivity index (χ2n) is 7.17. The van der Waals surface area contributed by atoms with E-state index in [1.54, 1.807) is 10.6 Å². The van der Waals surface area contributed by atoms with Crippen molar-refractivity contribution in [3.63, 3.8) is 0 Å². The molecule has 2 fully saturated rings. The summed E-state index contributed by atoms with van der Waals surface area (Å²) in [6, 6.07) is 3.90. The molecule has 28 heavy (non-hydrogen) atoms. The first kappa shape index (κ1) is 22.7. The number of rotatable bonds is 3. The standard InChI is InChI=1S/C15H24N2O3S.C2HF3O2/c1-21(18,19)17-9-3-2-6-15(17)7-10-16(11-8-15)13-14-5-4-12-20-14;3-2(4,5)1(6)7/h4-5,12H,2-3,6-11,13H2,1H3;(H,6,7). The van der Waals surface area contributed by atoms with Crippen molar-refractivity contribution < 1.29 is 35.9 Å². The van der Waals surface area contributed by atoms with E-state index in [-0.39, 0.29) is 5.54 Å². The molecule has 0 bridgehead atoms. The lowest BCUT2D eigenvalue weighted by Gasteiger charge is -2.50. The summed E-state index contributed by atoms with van der Waals surface area (Å²) >= 11 is 0. The summed E-state index contributed by atoms with van der Waals surface area (Å²) in [5.74, 6) is -1.78. The van der Waals surface area contributed by atoms with Crippen molar-refractivity contribution in [2.24, 2.45) is 0 Å². The van der Waals surface area contributed by atoms with Crippen LogP contribution in [0.25, 0.3) is 0 Å². The van der Waals surface area contributed by atoms with Gasteiger partial charge < -0.3 is 9.52 Å². The Kier molecular flexibility index (Phi) is 7.16. The van der Waals surface area contributed by atoms with E-state index in [4.69, 9.17) is 14.3 Å².